The molecule has 2 aromatic carbocycles. The number of halogens is 4. The topological polar surface area (TPSA) is 26.0 Å². The molecule has 2 N–H and O–H groups in total. The molecule has 19 heavy (non-hydrogen) atoms. The third-order valence-electron chi connectivity index (χ3n) is 2.84. The third kappa shape index (κ3) is 3.41. The van der Waals surface area contributed by atoms with Crippen molar-refractivity contribution >= 4 is 31.9 Å². The summed E-state index contributed by atoms with van der Waals surface area (Å²) in [5.74, 6) is -0.743. The van der Waals surface area contributed by atoms with Crippen LogP contribution in [0.1, 0.15) is 17.2 Å². The molecule has 2 aromatic rings. The monoisotopic (exact) mass is 389 g/mol. The Morgan fingerprint density at radius 1 is 1.11 bits per heavy atom. The van der Waals surface area contributed by atoms with Crippen molar-refractivity contribution < 1.29 is 8.78 Å². The second-order valence-electron chi connectivity index (χ2n) is 4.19. The third-order valence-corrected chi connectivity index (χ3v) is 3.94. The normalized spacial score (nSPS) is 12.5. The van der Waals surface area contributed by atoms with Gasteiger partial charge in [0, 0.05) is 16.1 Å². The molecule has 0 amide bonds. The first-order valence-corrected chi connectivity index (χ1v) is 7.21. The van der Waals surface area contributed by atoms with E-state index in [1.807, 2.05) is 0 Å². The molecule has 2 rings (SSSR count). The Morgan fingerprint density at radius 2 is 1.84 bits per heavy atom. The summed E-state index contributed by atoms with van der Waals surface area (Å²) in [7, 11) is 0. The zero-order valence-corrected chi connectivity index (χ0v) is 13.0. The Morgan fingerprint density at radius 3 is 2.53 bits per heavy atom. The maximum atomic E-state index is 13.9. The lowest BCUT2D eigenvalue weighted by Gasteiger charge is -2.14. The molecule has 1 unspecified atom stereocenters. The smallest absolute Gasteiger partial charge is 0.142 e. The molecule has 0 aliphatic rings. The quantitative estimate of drug-likeness (QED) is 0.805. The van der Waals surface area contributed by atoms with Crippen LogP contribution in [0.5, 0.6) is 0 Å². The van der Waals surface area contributed by atoms with E-state index in [1.54, 1.807) is 30.3 Å². The van der Waals surface area contributed by atoms with Crippen LogP contribution < -0.4 is 5.73 Å². The minimum Gasteiger partial charge on any atom is -0.324 e. The van der Waals surface area contributed by atoms with E-state index in [9.17, 15) is 8.78 Å². The highest BCUT2D eigenvalue weighted by molar-refractivity contribution is 9.10. The summed E-state index contributed by atoms with van der Waals surface area (Å²) in [5, 5.41) is 0. The molecule has 0 saturated carbocycles. The number of hydrogen-bond donors (Lipinski definition) is 1. The van der Waals surface area contributed by atoms with Crippen molar-refractivity contribution in [1.29, 1.82) is 0 Å². The van der Waals surface area contributed by atoms with Gasteiger partial charge in [-0.05, 0) is 46.1 Å². The average Bonchev–Trinajstić information content (AvgIpc) is 2.36. The lowest BCUT2D eigenvalue weighted by molar-refractivity contribution is 0.559. The molecular weight excluding hydrogens is 380 g/mol. The van der Waals surface area contributed by atoms with Gasteiger partial charge in [0.15, 0.2) is 0 Å². The van der Waals surface area contributed by atoms with Crippen molar-refractivity contribution in [2.75, 3.05) is 0 Å². The van der Waals surface area contributed by atoms with E-state index in [-0.39, 0.29) is 12.2 Å². The molecule has 0 aliphatic carbocycles. The number of benzene rings is 2. The molecule has 0 radical (unpaired) electrons. The van der Waals surface area contributed by atoms with Crippen LogP contribution in [0.4, 0.5) is 8.78 Å². The minimum absolute atomic E-state index is 0.243. The summed E-state index contributed by atoms with van der Waals surface area (Å²) in [6.45, 7) is 0. The Hall–Kier alpha value is -0.780. The van der Waals surface area contributed by atoms with E-state index < -0.39 is 11.9 Å². The second kappa shape index (κ2) is 6.11. The number of hydrogen-bond acceptors (Lipinski definition) is 1. The van der Waals surface area contributed by atoms with E-state index in [1.165, 1.54) is 6.07 Å². The fourth-order valence-corrected chi connectivity index (χ4v) is 2.56. The zero-order chi connectivity index (χ0) is 14.0. The van der Waals surface area contributed by atoms with Gasteiger partial charge >= 0.3 is 0 Å². The highest BCUT2D eigenvalue weighted by Crippen LogP contribution is 2.26. The molecule has 0 aromatic heterocycles. The highest BCUT2D eigenvalue weighted by atomic mass is 79.9. The molecule has 0 bridgehead atoms. The fourth-order valence-electron chi connectivity index (χ4n) is 1.84. The van der Waals surface area contributed by atoms with Gasteiger partial charge in [0.2, 0.25) is 0 Å². The van der Waals surface area contributed by atoms with E-state index >= 15 is 0 Å². The first kappa shape index (κ1) is 14.6. The summed E-state index contributed by atoms with van der Waals surface area (Å²) in [6.07, 6.45) is 0.243. The minimum atomic E-state index is -0.590. The Bertz CT molecular complexity index is 602. The van der Waals surface area contributed by atoms with Crippen LogP contribution in [-0.4, -0.2) is 0 Å². The van der Waals surface area contributed by atoms with Crippen molar-refractivity contribution in [3.63, 3.8) is 0 Å². The van der Waals surface area contributed by atoms with Gasteiger partial charge in [-0.1, -0.05) is 34.1 Å². The SMILES string of the molecule is NC(Cc1ccc(Br)cc1F)c1cccc(Br)c1F. The van der Waals surface area contributed by atoms with Crippen molar-refractivity contribution in [2.45, 2.75) is 12.5 Å². The summed E-state index contributed by atoms with van der Waals surface area (Å²) in [5.41, 5.74) is 6.80. The molecule has 0 aliphatic heterocycles. The molecular formula is C14H11Br2F2N. The van der Waals surface area contributed by atoms with Crippen LogP contribution >= 0.6 is 31.9 Å². The Labute approximate surface area is 127 Å². The van der Waals surface area contributed by atoms with Crippen molar-refractivity contribution in [2.24, 2.45) is 5.73 Å². The van der Waals surface area contributed by atoms with E-state index in [4.69, 9.17) is 5.73 Å². The zero-order valence-electron chi connectivity index (χ0n) is 9.84. The molecule has 1 atom stereocenters. The number of nitrogens with two attached hydrogens (primary N) is 1. The van der Waals surface area contributed by atoms with Gasteiger partial charge in [-0.25, -0.2) is 8.78 Å². The first-order valence-electron chi connectivity index (χ1n) is 5.62. The van der Waals surface area contributed by atoms with Crippen LogP contribution in [0.15, 0.2) is 45.3 Å². The van der Waals surface area contributed by atoms with Crippen molar-refractivity contribution in [3.8, 4) is 0 Å². The fraction of sp³-hybridized carbons (Fsp3) is 0.143. The Balaban J connectivity index is 2.25. The lowest BCUT2D eigenvalue weighted by Crippen LogP contribution is -2.16. The maximum absolute atomic E-state index is 13.9. The number of rotatable bonds is 3. The molecule has 0 saturated heterocycles. The van der Waals surface area contributed by atoms with Crippen molar-refractivity contribution in [3.05, 3.63) is 68.1 Å². The van der Waals surface area contributed by atoms with Crippen LogP contribution in [0.3, 0.4) is 0 Å². The van der Waals surface area contributed by atoms with Gasteiger partial charge in [0.05, 0.1) is 4.47 Å². The summed E-state index contributed by atoms with van der Waals surface area (Å²) in [6, 6.07) is 9.10. The molecule has 5 heteroatoms. The molecule has 0 fully saturated rings. The van der Waals surface area contributed by atoms with Crippen LogP contribution in [0.2, 0.25) is 0 Å². The molecule has 1 nitrogen and oxygen atoms in total. The lowest BCUT2D eigenvalue weighted by atomic mass is 9.99. The van der Waals surface area contributed by atoms with Gasteiger partial charge < -0.3 is 5.73 Å². The summed E-state index contributed by atoms with van der Waals surface area (Å²) < 4.78 is 28.6. The summed E-state index contributed by atoms with van der Waals surface area (Å²) in [4.78, 5) is 0. The van der Waals surface area contributed by atoms with Crippen molar-refractivity contribution in [1.82, 2.24) is 0 Å². The molecule has 0 spiro atoms. The summed E-state index contributed by atoms with van der Waals surface area (Å²) >= 11 is 6.30. The van der Waals surface area contributed by atoms with Gasteiger partial charge in [-0.2, -0.15) is 0 Å². The molecule has 100 valence electrons. The van der Waals surface area contributed by atoms with E-state index in [2.05, 4.69) is 31.9 Å². The van der Waals surface area contributed by atoms with Gasteiger partial charge in [-0.3, -0.25) is 0 Å². The maximum Gasteiger partial charge on any atom is 0.142 e. The predicted molar refractivity (Wildman–Crippen MR) is 78.8 cm³/mol. The Kier molecular flexibility index (Phi) is 4.71. The van der Waals surface area contributed by atoms with Gasteiger partial charge in [0.1, 0.15) is 11.6 Å². The standard InChI is InChI=1S/C14H11Br2F2N/c15-9-5-4-8(12(17)7-9)6-13(19)10-2-1-3-11(16)14(10)18/h1-5,7,13H,6,19H2. The predicted octanol–water partition coefficient (Wildman–Crippen LogP) is 4.73. The van der Waals surface area contributed by atoms with Crippen LogP contribution in [0.25, 0.3) is 0 Å². The largest absolute Gasteiger partial charge is 0.324 e. The van der Waals surface area contributed by atoms with Gasteiger partial charge in [-0.15, -0.1) is 0 Å². The second-order valence-corrected chi connectivity index (χ2v) is 5.96. The average molecular weight is 391 g/mol. The first-order chi connectivity index (χ1) is 8.99. The highest BCUT2D eigenvalue weighted by Gasteiger charge is 2.15. The van der Waals surface area contributed by atoms with Crippen LogP contribution in [0, 0.1) is 11.6 Å². The van der Waals surface area contributed by atoms with Crippen LogP contribution in [-0.2, 0) is 6.42 Å². The molecule has 0 heterocycles. The van der Waals surface area contributed by atoms with Gasteiger partial charge in [0.25, 0.3) is 0 Å². The van der Waals surface area contributed by atoms with E-state index in [0.717, 1.165) is 0 Å². The van der Waals surface area contributed by atoms with E-state index in [0.29, 0.717) is 20.1 Å².